The third-order valence-electron chi connectivity index (χ3n) is 3.82. The average Bonchev–Trinajstić information content (AvgIpc) is 2.70. The van der Waals surface area contributed by atoms with E-state index in [9.17, 15) is 14.4 Å². The quantitative estimate of drug-likeness (QED) is 0.245. The molecule has 0 radical (unpaired) electrons. The maximum absolute atomic E-state index is 11.6. The molecule has 0 aliphatic heterocycles. The Labute approximate surface area is 167 Å². The minimum Gasteiger partial charge on any atom is -0.457 e. The highest BCUT2D eigenvalue weighted by molar-refractivity contribution is 6.42. The SMILES string of the molecule is CC(=O)Oc1ccc(Oc2ccc(Oc3ccc(C(=O)C(C)=O)cc3)cc2)cc1. The first-order valence-corrected chi connectivity index (χ1v) is 8.80. The van der Waals surface area contributed by atoms with Gasteiger partial charge in [-0.2, -0.15) is 0 Å². The molecule has 0 aliphatic carbocycles. The molecule has 0 heterocycles. The summed E-state index contributed by atoms with van der Waals surface area (Å²) in [4.78, 5) is 33.7. The molecular weight excluding hydrogens is 372 g/mol. The first-order chi connectivity index (χ1) is 13.9. The summed E-state index contributed by atoms with van der Waals surface area (Å²) in [5.41, 5.74) is 0.327. The molecule has 0 saturated heterocycles. The molecule has 3 aromatic carbocycles. The number of ketones is 2. The minimum absolute atomic E-state index is 0.327. The Balaban J connectivity index is 1.60. The van der Waals surface area contributed by atoms with Gasteiger partial charge in [0.15, 0.2) is 5.78 Å². The van der Waals surface area contributed by atoms with Gasteiger partial charge in [0.2, 0.25) is 5.78 Å². The molecule has 0 N–H and O–H groups in total. The van der Waals surface area contributed by atoms with Gasteiger partial charge in [-0.1, -0.05) is 0 Å². The van der Waals surface area contributed by atoms with Crippen molar-refractivity contribution in [3.63, 3.8) is 0 Å². The Kier molecular flexibility index (Phi) is 6.04. The number of hydrogen-bond donors (Lipinski definition) is 0. The van der Waals surface area contributed by atoms with Crippen molar-refractivity contribution < 1.29 is 28.6 Å². The van der Waals surface area contributed by atoms with Crippen molar-refractivity contribution in [2.24, 2.45) is 0 Å². The molecule has 0 spiro atoms. The summed E-state index contributed by atoms with van der Waals surface area (Å²) >= 11 is 0. The first-order valence-electron chi connectivity index (χ1n) is 8.80. The third-order valence-corrected chi connectivity index (χ3v) is 3.82. The molecule has 0 unspecified atom stereocenters. The second-order valence-corrected chi connectivity index (χ2v) is 6.15. The number of rotatable bonds is 7. The van der Waals surface area contributed by atoms with Crippen LogP contribution in [0.2, 0.25) is 0 Å². The average molecular weight is 390 g/mol. The fourth-order valence-corrected chi connectivity index (χ4v) is 2.47. The topological polar surface area (TPSA) is 78.9 Å². The normalized spacial score (nSPS) is 10.1. The molecule has 0 aromatic heterocycles. The summed E-state index contributed by atoms with van der Waals surface area (Å²) in [6.45, 7) is 2.58. The zero-order valence-corrected chi connectivity index (χ0v) is 15.9. The third kappa shape index (κ3) is 5.52. The van der Waals surface area contributed by atoms with Crippen LogP contribution in [0.1, 0.15) is 24.2 Å². The van der Waals surface area contributed by atoms with E-state index in [1.807, 2.05) is 0 Å². The zero-order chi connectivity index (χ0) is 20.8. The van der Waals surface area contributed by atoms with Gasteiger partial charge in [-0.05, 0) is 72.8 Å². The lowest BCUT2D eigenvalue weighted by Crippen LogP contribution is -2.09. The molecule has 3 aromatic rings. The van der Waals surface area contributed by atoms with E-state index in [0.717, 1.165) is 0 Å². The summed E-state index contributed by atoms with van der Waals surface area (Å²) in [5.74, 6) is 1.38. The van der Waals surface area contributed by atoms with Crippen LogP contribution in [0.5, 0.6) is 28.7 Å². The number of Topliss-reactive ketones (excluding diaryl/α,β-unsaturated/α-hetero) is 2. The fourth-order valence-electron chi connectivity index (χ4n) is 2.47. The number of benzene rings is 3. The van der Waals surface area contributed by atoms with Crippen molar-refractivity contribution in [1.82, 2.24) is 0 Å². The molecule has 6 nitrogen and oxygen atoms in total. The van der Waals surface area contributed by atoms with Crippen LogP contribution in [0.3, 0.4) is 0 Å². The molecule has 29 heavy (non-hydrogen) atoms. The van der Waals surface area contributed by atoms with Crippen molar-refractivity contribution >= 4 is 17.5 Å². The summed E-state index contributed by atoms with van der Waals surface area (Å²) in [6.07, 6.45) is 0. The highest BCUT2D eigenvalue weighted by atomic mass is 16.5. The van der Waals surface area contributed by atoms with Gasteiger partial charge in [0.1, 0.15) is 28.7 Å². The molecule has 0 fully saturated rings. The van der Waals surface area contributed by atoms with Crippen LogP contribution < -0.4 is 14.2 Å². The maximum atomic E-state index is 11.6. The van der Waals surface area contributed by atoms with Crippen molar-refractivity contribution in [1.29, 1.82) is 0 Å². The van der Waals surface area contributed by atoms with Crippen molar-refractivity contribution in [2.75, 3.05) is 0 Å². The molecule has 3 rings (SSSR count). The predicted octanol–water partition coefficient (Wildman–Crippen LogP) is 4.97. The van der Waals surface area contributed by atoms with Gasteiger partial charge < -0.3 is 14.2 Å². The molecule has 0 bridgehead atoms. The Morgan fingerprint density at radius 3 is 1.24 bits per heavy atom. The fraction of sp³-hybridized carbons (Fsp3) is 0.0870. The van der Waals surface area contributed by atoms with Crippen LogP contribution in [0.4, 0.5) is 0 Å². The van der Waals surface area contributed by atoms with Gasteiger partial charge in [-0.15, -0.1) is 0 Å². The zero-order valence-electron chi connectivity index (χ0n) is 15.9. The van der Waals surface area contributed by atoms with E-state index in [-0.39, 0.29) is 5.97 Å². The van der Waals surface area contributed by atoms with Gasteiger partial charge in [0.25, 0.3) is 0 Å². The molecule has 0 saturated carbocycles. The van der Waals surface area contributed by atoms with Gasteiger partial charge >= 0.3 is 5.97 Å². The summed E-state index contributed by atoms with van der Waals surface area (Å²) < 4.78 is 16.5. The number of esters is 1. The Morgan fingerprint density at radius 2 is 0.897 bits per heavy atom. The van der Waals surface area contributed by atoms with Crippen molar-refractivity contribution in [3.8, 4) is 28.7 Å². The second-order valence-electron chi connectivity index (χ2n) is 6.15. The van der Waals surface area contributed by atoms with Crippen LogP contribution >= 0.6 is 0 Å². The van der Waals surface area contributed by atoms with E-state index in [1.54, 1.807) is 72.8 Å². The van der Waals surface area contributed by atoms with Crippen LogP contribution in [-0.4, -0.2) is 17.5 Å². The van der Waals surface area contributed by atoms with Crippen molar-refractivity contribution in [3.05, 3.63) is 78.4 Å². The molecule has 6 heteroatoms. The number of carbonyl (C=O) groups is 3. The predicted molar refractivity (Wildman–Crippen MR) is 106 cm³/mol. The second kappa shape index (κ2) is 8.84. The van der Waals surface area contributed by atoms with Crippen molar-refractivity contribution in [2.45, 2.75) is 13.8 Å². The summed E-state index contributed by atoms with van der Waals surface area (Å²) in [5, 5.41) is 0. The monoisotopic (exact) mass is 390 g/mol. The number of ether oxygens (including phenoxy) is 3. The van der Waals surface area contributed by atoms with Crippen LogP contribution in [0, 0.1) is 0 Å². The van der Waals surface area contributed by atoms with E-state index in [2.05, 4.69) is 0 Å². The Bertz CT molecular complexity index is 1020. The van der Waals surface area contributed by atoms with Gasteiger partial charge in [0, 0.05) is 19.4 Å². The number of hydrogen-bond acceptors (Lipinski definition) is 6. The standard InChI is InChI=1S/C23H18O6/c1-15(24)23(26)17-3-5-19(6-4-17)28-21-11-13-22(14-12-21)29-20-9-7-18(8-10-20)27-16(2)25/h3-14H,1-2H3. The molecule has 146 valence electrons. The highest BCUT2D eigenvalue weighted by Gasteiger charge is 2.11. The first kappa shape index (κ1) is 19.8. The van der Waals surface area contributed by atoms with Gasteiger partial charge in [-0.3, -0.25) is 14.4 Å². The molecule has 0 atom stereocenters. The van der Waals surface area contributed by atoms with Crippen LogP contribution in [0.15, 0.2) is 72.8 Å². The summed E-state index contributed by atoms with van der Waals surface area (Å²) in [6, 6.07) is 20.1. The Morgan fingerprint density at radius 1 is 0.552 bits per heavy atom. The smallest absolute Gasteiger partial charge is 0.308 e. The Hall–Kier alpha value is -3.93. The van der Waals surface area contributed by atoms with E-state index in [0.29, 0.717) is 34.3 Å². The molecule has 0 amide bonds. The van der Waals surface area contributed by atoms with Crippen LogP contribution in [0.25, 0.3) is 0 Å². The maximum Gasteiger partial charge on any atom is 0.308 e. The van der Waals surface area contributed by atoms with E-state index in [4.69, 9.17) is 14.2 Å². The molecular formula is C23H18O6. The lowest BCUT2D eigenvalue weighted by atomic mass is 10.1. The lowest BCUT2D eigenvalue weighted by molar-refractivity contribution is -0.131. The largest absolute Gasteiger partial charge is 0.457 e. The number of carbonyl (C=O) groups excluding carboxylic acids is 3. The minimum atomic E-state index is -0.529. The van der Waals surface area contributed by atoms with Gasteiger partial charge in [0.05, 0.1) is 0 Å². The van der Waals surface area contributed by atoms with E-state index < -0.39 is 11.6 Å². The van der Waals surface area contributed by atoms with E-state index >= 15 is 0 Å². The highest BCUT2D eigenvalue weighted by Crippen LogP contribution is 2.28. The van der Waals surface area contributed by atoms with Gasteiger partial charge in [-0.25, -0.2) is 0 Å². The molecule has 0 aliphatic rings. The lowest BCUT2D eigenvalue weighted by Gasteiger charge is -2.09. The summed E-state index contributed by atoms with van der Waals surface area (Å²) in [7, 11) is 0. The van der Waals surface area contributed by atoms with E-state index in [1.165, 1.54) is 13.8 Å². The van der Waals surface area contributed by atoms with Crippen LogP contribution in [-0.2, 0) is 9.59 Å².